The summed E-state index contributed by atoms with van der Waals surface area (Å²) in [6.45, 7) is 4.29. The second-order valence-corrected chi connectivity index (χ2v) is 8.67. The number of imide groups is 1. The van der Waals surface area contributed by atoms with E-state index < -0.39 is 11.6 Å². The molecule has 1 spiro atoms. The van der Waals surface area contributed by atoms with Crippen LogP contribution in [0.2, 0.25) is 0 Å². The summed E-state index contributed by atoms with van der Waals surface area (Å²) in [6, 6.07) is -0.169. The van der Waals surface area contributed by atoms with Gasteiger partial charge in [0.15, 0.2) is 0 Å². The topological polar surface area (TPSA) is 69.7 Å². The lowest BCUT2D eigenvalue weighted by atomic mass is 9.75. The van der Waals surface area contributed by atoms with Gasteiger partial charge in [-0.25, -0.2) is 4.79 Å². The molecule has 0 aromatic rings. The van der Waals surface area contributed by atoms with Crippen LogP contribution < -0.4 is 5.32 Å². The molecule has 4 amide bonds. The van der Waals surface area contributed by atoms with Crippen LogP contribution in [0.3, 0.4) is 0 Å². The van der Waals surface area contributed by atoms with Crippen molar-refractivity contribution in [2.24, 2.45) is 11.8 Å². The molecule has 0 aromatic carbocycles. The van der Waals surface area contributed by atoms with E-state index >= 15 is 0 Å². The van der Waals surface area contributed by atoms with Gasteiger partial charge in [-0.15, -0.1) is 0 Å². The molecule has 0 bridgehead atoms. The molecule has 6 heteroatoms. The first-order valence-corrected chi connectivity index (χ1v) is 10.3. The standard InChI is InChI=1S/C20H33N3O3/c1-4-15-9-11-20(12-10-15)18(25)23(19(26)21-20)13-17(24)22(3)16-7-5-14(2)6-8-16/h14-16H,4-13H2,1-3H3,(H,21,26). The molecule has 0 radical (unpaired) electrons. The van der Waals surface area contributed by atoms with Crippen LogP contribution in [-0.2, 0) is 9.59 Å². The molecule has 1 aliphatic heterocycles. The lowest BCUT2D eigenvalue weighted by Crippen LogP contribution is -2.50. The van der Waals surface area contributed by atoms with E-state index in [1.165, 1.54) is 0 Å². The highest BCUT2D eigenvalue weighted by Gasteiger charge is 2.52. The summed E-state index contributed by atoms with van der Waals surface area (Å²) in [4.78, 5) is 40.9. The quantitative estimate of drug-likeness (QED) is 0.781. The molecular weight excluding hydrogens is 330 g/mol. The fourth-order valence-electron chi connectivity index (χ4n) is 4.82. The van der Waals surface area contributed by atoms with Crippen LogP contribution in [0, 0.1) is 11.8 Å². The van der Waals surface area contributed by atoms with Crippen molar-refractivity contribution in [2.45, 2.75) is 83.2 Å². The monoisotopic (exact) mass is 363 g/mol. The zero-order valence-electron chi connectivity index (χ0n) is 16.4. The SMILES string of the molecule is CCC1CCC2(CC1)NC(=O)N(CC(=O)N(C)C1CCC(C)CC1)C2=O. The number of hydrogen-bond donors (Lipinski definition) is 1. The first-order chi connectivity index (χ1) is 12.4. The number of nitrogens with zero attached hydrogens (tertiary/aromatic N) is 2. The van der Waals surface area contributed by atoms with Crippen molar-refractivity contribution in [3.8, 4) is 0 Å². The minimum Gasteiger partial charge on any atom is -0.341 e. The second kappa shape index (κ2) is 7.57. The molecule has 0 aromatic heterocycles. The predicted molar refractivity (Wildman–Crippen MR) is 99.4 cm³/mol. The van der Waals surface area contributed by atoms with Gasteiger partial charge in [-0.1, -0.05) is 20.3 Å². The number of urea groups is 1. The van der Waals surface area contributed by atoms with Crippen LogP contribution in [0.4, 0.5) is 4.79 Å². The summed E-state index contributed by atoms with van der Waals surface area (Å²) in [7, 11) is 1.81. The molecule has 0 unspecified atom stereocenters. The Kier molecular flexibility index (Phi) is 5.58. The normalized spacial score (nSPS) is 34.9. The first-order valence-electron chi connectivity index (χ1n) is 10.3. The third kappa shape index (κ3) is 3.60. The Bertz CT molecular complexity index is 561. The molecule has 6 nitrogen and oxygen atoms in total. The summed E-state index contributed by atoms with van der Waals surface area (Å²) in [5.74, 6) is 1.03. The molecule has 3 aliphatic rings. The molecule has 2 aliphatic carbocycles. The molecule has 3 fully saturated rings. The van der Waals surface area contributed by atoms with Crippen LogP contribution in [0.15, 0.2) is 0 Å². The van der Waals surface area contributed by atoms with E-state index in [0.29, 0.717) is 18.8 Å². The molecule has 146 valence electrons. The average Bonchev–Trinajstić information content (AvgIpc) is 2.86. The van der Waals surface area contributed by atoms with Crippen molar-refractivity contribution in [1.29, 1.82) is 0 Å². The van der Waals surface area contributed by atoms with Crippen LogP contribution in [0.25, 0.3) is 0 Å². The first kappa shape index (κ1) is 19.2. The van der Waals surface area contributed by atoms with E-state index in [0.717, 1.165) is 55.8 Å². The summed E-state index contributed by atoms with van der Waals surface area (Å²) >= 11 is 0. The number of amides is 4. The number of hydrogen-bond acceptors (Lipinski definition) is 3. The number of nitrogens with one attached hydrogen (secondary N) is 1. The van der Waals surface area contributed by atoms with E-state index in [9.17, 15) is 14.4 Å². The Labute approximate surface area is 156 Å². The van der Waals surface area contributed by atoms with Crippen molar-refractivity contribution < 1.29 is 14.4 Å². The van der Waals surface area contributed by atoms with E-state index in [1.54, 1.807) is 4.90 Å². The van der Waals surface area contributed by atoms with Crippen molar-refractivity contribution in [2.75, 3.05) is 13.6 Å². The number of likely N-dealkylation sites (N-methyl/N-ethyl adjacent to an activating group) is 1. The van der Waals surface area contributed by atoms with E-state index in [2.05, 4.69) is 19.2 Å². The highest BCUT2D eigenvalue weighted by Crippen LogP contribution is 2.37. The van der Waals surface area contributed by atoms with Gasteiger partial charge in [0, 0.05) is 13.1 Å². The predicted octanol–water partition coefficient (Wildman–Crippen LogP) is 2.91. The molecule has 1 heterocycles. The highest BCUT2D eigenvalue weighted by atomic mass is 16.2. The Hall–Kier alpha value is -1.59. The lowest BCUT2D eigenvalue weighted by molar-refractivity contribution is -0.140. The minimum absolute atomic E-state index is 0.132. The fourth-order valence-corrected chi connectivity index (χ4v) is 4.82. The number of rotatable bonds is 4. The molecular formula is C20H33N3O3. The molecule has 26 heavy (non-hydrogen) atoms. The van der Waals surface area contributed by atoms with Crippen molar-refractivity contribution in [1.82, 2.24) is 15.1 Å². The third-order valence-electron chi connectivity index (χ3n) is 7.00. The summed E-state index contributed by atoms with van der Waals surface area (Å²) in [5, 5.41) is 2.91. The van der Waals surface area contributed by atoms with Gasteiger partial charge in [0.2, 0.25) is 5.91 Å². The van der Waals surface area contributed by atoms with Crippen molar-refractivity contribution in [3.05, 3.63) is 0 Å². The third-order valence-corrected chi connectivity index (χ3v) is 7.00. The van der Waals surface area contributed by atoms with Gasteiger partial charge in [-0.05, 0) is 63.2 Å². The van der Waals surface area contributed by atoms with E-state index in [-0.39, 0.29) is 24.4 Å². The Morgan fingerprint density at radius 1 is 1.15 bits per heavy atom. The largest absolute Gasteiger partial charge is 0.341 e. The van der Waals surface area contributed by atoms with Gasteiger partial charge in [-0.2, -0.15) is 0 Å². The molecule has 3 rings (SSSR count). The second-order valence-electron chi connectivity index (χ2n) is 8.67. The Morgan fingerprint density at radius 3 is 2.35 bits per heavy atom. The smallest absolute Gasteiger partial charge is 0.325 e. The van der Waals surface area contributed by atoms with Crippen LogP contribution in [0.5, 0.6) is 0 Å². The summed E-state index contributed by atoms with van der Waals surface area (Å²) in [6.07, 6.45) is 8.70. The zero-order valence-corrected chi connectivity index (χ0v) is 16.4. The van der Waals surface area contributed by atoms with Gasteiger partial charge in [0.1, 0.15) is 12.1 Å². The van der Waals surface area contributed by atoms with Gasteiger partial charge in [0.05, 0.1) is 0 Å². The molecule has 1 saturated heterocycles. The van der Waals surface area contributed by atoms with Crippen LogP contribution >= 0.6 is 0 Å². The fraction of sp³-hybridized carbons (Fsp3) is 0.850. The maximum Gasteiger partial charge on any atom is 0.325 e. The summed E-state index contributed by atoms with van der Waals surface area (Å²) in [5.41, 5.74) is -0.762. The van der Waals surface area contributed by atoms with E-state index in [1.807, 2.05) is 7.05 Å². The zero-order chi connectivity index (χ0) is 18.9. The van der Waals surface area contributed by atoms with Crippen molar-refractivity contribution >= 4 is 17.8 Å². The minimum atomic E-state index is -0.762. The average molecular weight is 364 g/mol. The van der Waals surface area contributed by atoms with Crippen LogP contribution in [0.1, 0.15) is 71.6 Å². The van der Waals surface area contributed by atoms with Gasteiger partial charge in [0.25, 0.3) is 5.91 Å². The maximum absolute atomic E-state index is 12.9. The molecule has 0 atom stereocenters. The van der Waals surface area contributed by atoms with E-state index in [4.69, 9.17) is 0 Å². The number of carbonyl (C=O) groups excluding carboxylic acids is 3. The lowest BCUT2D eigenvalue weighted by Gasteiger charge is -2.35. The summed E-state index contributed by atoms with van der Waals surface area (Å²) < 4.78 is 0. The van der Waals surface area contributed by atoms with Gasteiger partial charge < -0.3 is 10.2 Å². The molecule has 1 N–H and O–H groups in total. The van der Waals surface area contributed by atoms with Gasteiger partial charge in [-0.3, -0.25) is 14.5 Å². The van der Waals surface area contributed by atoms with Crippen molar-refractivity contribution in [3.63, 3.8) is 0 Å². The van der Waals surface area contributed by atoms with Gasteiger partial charge >= 0.3 is 6.03 Å². The highest BCUT2D eigenvalue weighted by molar-refractivity contribution is 6.09. The molecule has 2 saturated carbocycles. The number of carbonyl (C=O) groups is 3. The Balaban J connectivity index is 1.60. The van der Waals surface area contributed by atoms with Crippen LogP contribution in [-0.4, -0.2) is 52.8 Å². The Morgan fingerprint density at radius 2 is 1.77 bits per heavy atom. The maximum atomic E-state index is 12.9.